The van der Waals surface area contributed by atoms with Crippen molar-refractivity contribution in [1.82, 2.24) is 10.3 Å². The molecule has 3 aromatic rings. The number of thiazole rings is 1. The Morgan fingerprint density at radius 3 is 2.59 bits per heavy atom. The highest BCUT2D eigenvalue weighted by atomic mass is 79.9. The fourth-order valence-corrected chi connectivity index (χ4v) is 3.28. The minimum atomic E-state index is -0.405. The van der Waals surface area contributed by atoms with E-state index in [2.05, 4.69) is 36.9 Å². The standard InChI is InChI=1S/C19H17BrN4O4S/c20-12-3-5-13(6-4-12)22-16(25)7-8-21-17(26)10-14-11-29-19(23-14)24-18(27)15-2-1-9-28-15/h1-6,9,11H,7-8,10H2,(H,21,26)(H,22,25)(H,23,24,27). The van der Waals surface area contributed by atoms with E-state index in [9.17, 15) is 14.4 Å². The van der Waals surface area contributed by atoms with Gasteiger partial charge < -0.3 is 15.1 Å². The van der Waals surface area contributed by atoms with Gasteiger partial charge in [-0.05, 0) is 36.4 Å². The number of amides is 3. The predicted molar refractivity (Wildman–Crippen MR) is 113 cm³/mol. The van der Waals surface area contributed by atoms with Crippen LogP contribution in [0.3, 0.4) is 0 Å². The van der Waals surface area contributed by atoms with Crippen molar-refractivity contribution >= 4 is 55.8 Å². The molecule has 3 N–H and O–H groups in total. The number of nitrogens with zero attached hydrogens (tertiary/aromatic N) is 1. The highest BCUT2D eigenvalue weighted by Gasteiger charge is 2.13. The first-order valence-corrected chi connectivity index (χ1v) is 10.3. The summed E-state index contributed by atoms with van der Waals surface area (Å²) in [6, 6.07) is 10.4. The summed E-state index contributed by atoms with van der Waals surface area (Å²) in [5.74, 6) is -0.669. The first-order valence-electron chi connectivity index (χ1n) is 8.61. The smallest absolute Gasteiger partial charge is 0.293 e. The van der Waals surface area contributed by atoms with Gasteiger partial charge in [0.2, 0.25) is 11.8 Å². The van der Waals surface area contributed by atoms with Crippen LogP contribution in [-0.2, 0) is 16.0 Å². The Labute approximate surface area is 178 Å². The summed E-state index contributed by atoms with van der Waals surface area (Å²) >= 11 is 4.55. The van der Waals surface area contributed by atoms with Crippen LogP contribution in [0.4, 0.5) is 10.8 Å². The van der Waals surface area contributed by atoms with E-state index in [0.717, 1.165) is 4.47 Å². The molecule has 3 rings (SSSR count). The summed E-state index contributed by atoms with van der Waals surface area (Å²) in [6.45, 7) is 0.216. The summed E-state index contributed by atoms with van der Waals surface area (Å²) in [4.78, 5) is 40.0. The van der Waals surface area contributed by atoms with Crippen molar-refractivity contribution in [2.75, 3.05) is 17.2 Å². The van der Waals surface area contributed by atoms with Crippen LogP contribution in [0.2, 0.25) is 0 Å². The van der Waals surface area contributed by atoms with Crippen LogP contribution in [0.5, 0.6) is 0 Å². The molecule has 0 spiro atoms. The number of hydrogen-bond donors (Lipinski definition) is 3. The Morgan fingerprint density at radius 1 is 1.07 bits per heavy atom. The normalized spacial score (nSPS) is 10.4. The van der Waals surface area contributed by atoms with E-state index >= 15 is 0 Å². The number of furan rings is 1. The van der Waals surface area contributed by atoms with Gasteiger partial charge in [-0.1, -0.05) is 15.9 Å². The highest BCUT2D eigenvalue weighted by molar-refractivity contribution is 9.10. The summed E-state index contributed by atoms with van der Waals surface area (Å²) in [6.07, 6.45) is 1.62. The fraction of sp³-hybridized carbons (Fsp3) is 0.158. The van der Waals surface area contributed by atoms with Gasteiger partial charge in [0.15, 0.2) is 10.9 Å². The van der Waals surface area contributed by atoms with Crippen molar-refractivity contribution in [3.63, 3.8) is 0 Å². The van der Waals surface area contributed by atoms with Crippen molar-refractivity contribution in [3.8, 4) is 0 Å². The predicted octanol–water partition coefficient (Wildman–Crippen LogP) is 3.44. The van der Waals surface area contributed by atoms with Gasteiger partial charge in [-0.3, -0.25) is 19.7 Å². The van der Waals surface area contributed by atoms with Gasteiger partial charge in [-0.15, -0.1) is 11.3 Å². The summed E-state index contributed by atoms with van der Waals surface area (Å²) in [5.41, 5.74) is 1.22. The molecule has 0 aliphatic rings. The Kier molecular flexibility index (Phi) is 7.14. The van der Waals surface area contributed by atoms with Gasteiger partial charge in [-0.25, -0.2) is 4.98 Å². The summed E-state index contributed by atoms with van der Waals surface area (Å²) in [5, 5.41) is 10.1. The molecule has 0 saturated heterocycles. The second-order valence-electron chi connectivity index (χ2n) is 5.91. The Bertz CT molecular complexity index is 986. The molecular formula is C19H17BrN4O4S. The van der Waals surface area contributed by atoms with Gasteiger partial charge in [0.05, 0.1) is 18.4 Å². The maximum Gasteiger partial charge on any atom is 0.293 e. The zero-order chi connectivity index (χ0) is 20.6. The minimum Gasteiger partial charge on any atom is -0.459 e. The highest BCUT2D eigenvalue weighted by Crippen LogP contribution is 2.17. The maximum atomic E-state index is 12.0. The van der Waals surface area contributed by atoms with E-state index in [-0.39, 0.29) is 37.0 Å². The van der Waals surface area contributed by atoms with Crippen LogP contribution in [0.15, 0.2) is 56.9 Å². The molecule has 0 unspecified atom stereocenters. The monoisotopic (exact) mass is 476 g/mol. The molecule has 29 heavy (non-hydrogen) atoms. The molecule has 3 amide bonds. The maximum absolute atomic E-state index is 12.0. The van der Waals surface area contributed by atoms with Crippen LogP contribution >= 0.6 is 27.3 Å². The lowest BCUT2D eigenvalue weighted by atomic mass is 10.3. The Hall–Kier alpha value is -2.98. The van der Waals surface area contributed by atoms with Crippen LogP contribution in [0.1, 0.15) is 22.7 Å². The third-order valence-electron chi connectivity index (χ3n) is 3.66. The molecule has 0 fully saturated rings. The SMILES string of the molecule is O=C(Cc1csc(NC(=O)c2ccco2)n1)NCCC(=O)Nc1ccc(Br)cc1. The number of anilines is 2. The number of nitrogens with one attached hydrogen (secondary N) is 3. The number of carbonyl (C=O) groups is 3. The molecule has 0 aliphatic carbocycles. The zero-order valence-electron chi connectivity index (χ0n) is 15.1. The van der Waals surface area contributed by atoms with Gasteiger partial charge in [0, 0.05) is 28.5 Å². The van der Waals surface area contributed by atoms with Crippen molar-refractivity contribution < 1.29 is 18.8 Å². The average molecular weight is 477 g/mol. The minimum absolute atomic E-state index is 0.0570. The second kappa shape index (κ2) is 9.99. The van der Waals surface area contributed by atoms with E-state index in [1.807, 2.05) is 12.1 Å². The van der Waals surface area contributed by atoms with Crippen molar-refractivity contribution in [1.29, 1.82) is 0 Å². The number of carbonyl (C=O) groups excluding carboxylic acids is 3. The van der Waals surface area contributed by atoms with Crippen molar-refractivity contribution in [3.05, 3.63) is 64.0 Å². The molecule has 2 aromatic heterocycles. The fourth-order valence-electron chi connectivity index (χ4n) is 2.31. The summed E-state index contributed by atoms with van der Waals surface area (Å²) in [7, 11) is 0. The summed E-state index contributed by atoms with van der Waals surface area (Å²) < 4.78 is 5.94. The largest absolute Gasteiger partial charge is 0.459 e. The lowest BCUT2D eigenvalue weighted by Crippen LogP contribution is -2.29. The molecule has 0 atom stereocenters. The number of rotatable bonds is 8. The molecule has 0 radical (unpaired) electrons. The quantitative estimate of drug-likeness (QED) is 0.460. The molecule has 150 valence electrons. The van der Waals surface area contributed by atoms with Gasteiger partial charge in [0.25, 0.3) is 5.91 Å². The topological polar surface area (TPSA) is 113 Å². The van der Waals surface area contributed by atoms with Crippen LogP contribution in [0.25, 0.3) is 0 Å². The van der Waals surface area contributed by atoms with Gasteiger partial charge >= 0.3 is 0 Å². The van der Waals surface area contributed by atoms with E-state index < -0.39 is 5.91 Å². The number of hydrogen-bond acceptors (Lipinski definition) is 6. The Morgan fingerprint density at radius 2 is 1.86 bits per heavy atom. The molecule has 0 bridgehead atoms. The number of halogens is 1. The average Bonchev–Trinajstić information content (AvgIpc) is 3.36. The molecule has 10 heteroatoms. The zero-order valence-corrected chi connectivity index (χ0v) is 17.5. The van der Waals surface area contributed by atoms with E-state index in [0.29, 0.717) is 16.5 Å². The Balaban J connectivity index is 1.38. The third kappa shape index (κ3) is 6.54. The second-order valence-corrected chi connectivity index (χ2v) is 7.68. The number of benzene rings is 1. The molecule has 1 aromatic carbocycles. The molecule has 8 nitrogen and oxygen atoms in total. The van der Waals surface area contributed by atoms with E-state index in [1.54, 1.807) is 29.6 Å². The van der Waals surface area contributed by atoms with Crippen LogP contribution < -0.4 is 16.0 Å². The molecule has 0 saturated carbocycles. The molecule has 0 aliphatic heterocycles. The molecular weight excluding hydrogens is 460 g/mol. The van der Waals surface area contributed by atoms with E-state index in [4.69, 9.17) is 4.42 Å². The lowest BCUT2D eigenvalue weighted by molar-refractivity contribution is -0.120. The first kappa shape index (κ1) is 20.7. The van der Waals surface area contributed by atoms with Crippen LogP contribution in [-0.4, -0.2) is 29.3 Å². The van der Waals surface area contributed by atoms with E-state index in [1.165, 1.54) is 17.6 Å². The van der Waals surface area contributed by atoms with Crippen molar-refractivity contribution in [2.45, 2.75) is 12.8 Å². The van der Waals surface area contributed by atoms with Crippen molar-refractivity contribution in [2.24, 2.45) is 0 Å². The third-order valence-corrected chi connectivity index (χ3v) is 5.00. The van der Waals surface area contributed by atoms with Gasteiger partial charge in [0.1, 0.15) is 0 Å². The van der Waals surface area contributed by atoms with Gasteiger partial charge in [-0.2, -0.15) is 0 Å². The lowest BCUT2D eigenvalue weighted by Gasteiger charge is -2.06. The van der Waals surface area contributed by atoms with Crippen LogP contribution in [0, 0.1) is 0 Å². The molecule has 2 heterocycles. The first-order chi connectivity index (χ1) is 14.0. The number of aromatic nitrogens is 1.